The van der Waals surface area contributed by atoms with E-state index in [1.165, 1.54) is 48.2 Å². The van der Waals surface area contributed by atoms with Crippen LogP contribution < -0.4 is 5.32 Å². The Bertz CT molecular complexity index is 964. The first-order chi connectivity index (χ1) is 13.5. The summed E-state index contributed by atoms with van der Waals surface area (Å²) in [5.74, 6) is -1.15. The number of anilines is 1. The van der Waals surface area contributed by atoms with Crippen LogP contribution in [0.25, 0.3) is 0 Å². The van der Waals surface area contributed by atoms with E-state index >= 15 is 0 Å². The Morgan fingerprint density at radius 3 is 2.71 bits per heavy atom. The summed E-state index contributed by atoms with van der Waals surface area (Å²) in [6.45, 7) is 1.44. The second-order valence-corrected chi connectivity index (χ2v) is 7.52. The van der Waals surface area contributed by atoms with Gasteiger partial charge >= 0.3 is 5.97 Å². The molecular formula is C20H17FN2O3S2. The third-order valence-corrected chi connectivity index (χ3v) is 5.49. The lowest BCUT2D eigenvalue weighted by Gasteiger charge is -2.15. The van der Waals surface area contributed by atoms with Crippen molar-refractivity contribution < 1.29 is 18.7 Å². The van der Waals surface area contributed by atoms with Gasteiger partial charge in [0.15, 0.2) is 6.10 Å². The number of esters is 1. The molecule has 1 N–H and O–H groups in total. The number of hydrogen-bond acceptors (Lipinski definition) is 6. The average Bonchev–Trinajstić information content (AvgIpc) is 3.22. The number of halogens is 1. The predicted molar refractivity (Wildman–Crippen MR) is 108 cm³/mol. The highest BCUT2D eigenvalue weighted by Crippen LogP contribution is 2.27. The van der Waals surface area contributed by atoms with Gasteiger partial charge in [0.25, 0.3) is 5.91 Å². The SMILES string of the molecule is CC(OC(=O)c1ccccc1SCc1cscn1)C(=O)Nc1ccccc1F. The summed E-state index contributed by atoms with van der Waals surface area (Å²) in [4.78, 5) is 29.7. The van der Waals surface area contributed by atoms with Crippen molar-refractivity contribution in [3.63, 3.8) is 0 Å². The van der Waals surface area contributed by atoms with Crippen LogP contribution in [0.15, 0.2) is 64.3 Å². The van der Waals surface area contributed by atoms with Crippen molar-refractivity contribution in [2.45, 2.75) is 23.7 Å². The first-order valence-corrected chi connectivity index (χ1v) is 10.3. The molecule has 3 aromatic rings. The number of thioether (sulfide) groups is 1. The number of carbonyl (C=O) groups is 2. The topological polar surface area (TPSA) is 68.3 Å². The number of benzene rings is 2. The van der Waals surface area contributed by atoms with Crippen LogP contribution in [-0.2, 0) is 15.3 Å². The molecule has 0 saturated carbocycles. The van der Waals surface area contributed by atoms with Crippen molar-refractivity contribution in [2.75, 3.05) is 5.32 Å². The van der Waals surface area contributed by atoms with Crippen molar-refractivity contribution in [3.05, 3.63) is 76.5 Å². The van der Waals surface area contributed by atoms with Crippen LogP contribution in [0.2, 0.25) is 0 Å². The lowest BCUT2D eigenvalue weighted by molar-refractivity contribution is -0.123. The number of nitrogens with one attached hydrogen (secondary N) is 1. The minimum absolute atomic E-state index is 0.0367. The molecule has 144 valence electrons. The van der Waals surface area contributed by atoms with E-state index in [1.54, 1.807) is 23.7 Å². The molecule has 8 heteroatoms. The summed E-state index contributed by atoms with van der Waals surface area (Å²) < 4.78 is 19.0. The van der Waals surface area contributed by atoms with Crippen LogP contribution in [0.4, 0.5) is 10.1 Å². The van der Waals surface area contributed by atoms with Crippen LogP contribution in [0.5, 0.6) is 0 Å². The molecule has 5 nitrogen and oxygen atoms in total. The molecule has 0 radical (unpaired) electrons. The Morgan fingerprint density at radius 1 is 1.21 bits per heavy atom. The Hall–Kier alpha value is -2.71. The second kappa shape index (κ2) is 9.48. The fourth-order valence-corrected chi connectivity index (χ4v) is 3.90. The first-order valence-electron chi connectivity index (χ1n) is 8.40. The molecule has 1 amide bonds. The molecule has 0 aliphatic carbocycles. The molecular weight excluding hydrogens is 399 g/mol. The number of carbonyl (C=O) groups excluding carboxylic acids is 2. The number of para-hydroxylation sites is 1. The number of hydrogen-bond donors (Lipinski definition) is 1. The van der Waals surface area contributed by atoms with Gasteiger partial charge in [-0.3, -0.25) is 4.79 Å². The van der Waals surface area contributed by atoms with E-state index in [0.29, 0.717) is 11.3 Å². The number of aromatic nitrogens is 1. The molecule has 3 rings (SSSR count). The summed E-state index contributed by atoms with van der Waals surface area (Å²) in [5.41, 5.74) is 3.09. The molecule has 0 aliphatic heterocycles. The maximum Gasteiger partial charge on any atom is 0.340 e. The Balaban J connectivity index is 1.63. The van der Waals surface area contributed by atoms with E-state index in [-0.39, 0.29) is 5.69 Å². The molecule has 2 aromatic carbocycles. The zero-order valence-corrected chi connectivity index (χ0v) is 16.6. The van der Waals surface area contributed by atoms with E-state index < -0.39 is 23.8 Å². The van der Waals surface area contributed by atoms with Crippen molar-refractivity contribution >= 4 is 40.7 Å². The highest BCUT2D eigenvalue weighted by Gasteiger charge is 2.21. The Kier molecular flexibility index (Phi) is 6.78. The average molecular weight is 416 g/mol. The molecule has 0 fully saturated rings. The van der Waals surface area contributed by atoms with Gasteiger partial charge in [-0.2, -0.15) is 0 Å². The van der Waals surface area contributed by atoms with E-state index in [2.05, 4.69) is 10.3 Å². The fourth-order valence-electron chi connectivity index (χ4n) is 2.30. The molecule has 1 aromatic heterocycles. The lowest BCUT2D eigenvalue weighted by atomic mass is 10.2. The molecule has 0 bridgehead atoms. The fraction of sp³-hybridized carbons (Fsp3) is 0.150. The number of ether oxygens (including phenoxy) is 1. The van der Waals surface area contributed by atoms with Gasteiger partial charge in [0.2, 0.25) is 0 Å². The van der Waals surface area contributed by atoms with Gasteiger partial charge in [0.1, 0.15) is 5.82 Å². The summed E-state index contributed by atoms with van der Waals surface area (Å²) in [7, 11) is 0. The smallest absolute Gasteiger partial charge is 0.340 e. The van der Waals surface area contributed by atoms with Crippen LogP contribution in [0, 0.1) is 5.82 Å². The van der Waals surface area contributed by atoms with E-state index in [4.69, 9.17) is 4.74 Å². The third kappa shape index (κ3) is 5.17. The van der Waals surface area contributed by atoms with Gasteiger partial charge in [0.05, 0.1) is 22.5 Å². The quantitative estimate of drug-likeness (QED) is 0.444. The molecule has 0 aliphatic rings. The molecule has 1 heterocycles. The second-order valence-electron chi connectivity index (χ2n) is 5.78. The highest BCUT2D eigenvalue weighted by molar-refractivity contribution is 7.98. The van der Waals surface area contributed by atoms with Crippen molar-refractivity contribution in [1.29, 1.82) is 0 Å². The predicted octanol–water partition coefficient (Wildman–Crippen LogP) is 4.76. The van der Waals surface area contributed by atoms with Gasteiger partial charge < -0.3 is 10.1 Å². The van der Waals surface area contributed by atoms with Crippen molar-refractivity contribution in [3.8, 4) is 0 Å². The van der Waals surface area contributed by atoms with Gasteiger partial charge in [0, 0.05) is 16.0 Å². The third-order valence-electron chi connectivity index (χ3n) is 3.75. The van der Waals surface area contributed by atoms with Crippen LogP contribution in [0.1, 0.15) is 23.0 Å². The molecule has 28 heavy (non-hydrogen) atoms. The minimum Gasteiger partial charge on any atom is -0.449 e. The normalized spacial score (nSPS) is 11.6. The highest BCUT2D eigenvalue weighted by atomic mass is 32.2. The monoisotopic (exact) mass is 416 g/mol. The van der Waals surface area contributed by atoms with E-state index in [9.17, 15) is 14.0 Å². The van der Waals surface area contributed by atoms with Gasteiger partial charge in [-0.1, -0.05) is 24.3 Å². The van der Waals surface area contributed by atoms with E-state index in [0.717, 1.165) is 10.6 Å². The van der Waals surface area contributed by atoms with E-state index in [1.807, 2.05) is 17.5 Å². The largest absolute Gasteiger partial charge is 0.449 e. The summed E-state index contributed by atoms with van der Waals surface area (Å²) >= 11 is 2.98. The molecule has 1 unspecified atom stereocenters. The van der Waals surface area contributed by atoms with Crippen LogP contribution >= 0.6 is 23.1 Å². The minimum atomic E-state index is -1.08. The zero-order chi connectivity index (χ0) is 19.9. The summed E-state index contributed by atoms with van der Waals surface area (Å²) in [6, 6.07) is 12.8. The van der Waals surface area contributed by atoms with Crippen LogP contribution in [0.3, 0.4) is 0 Å². The van der Waals surface area contributed by atoms with Crippen molar-refractivity contribution in [1.82, 2.24) is 4.98 Å². The number of nitrogens with zero attached hydrogens (tertiary/aromatic N) is 1. The lowest BCUT2D eigenvalue weighted by Crippen LogP contribution is -2.30. The Morgan fingerprint density at radius 2 is 1.96 bits per heavy atom. The maximum absolute atomic E-state index is 13.7. The number of thiazole rings is 1. The van der Waals surface area contributed by atoms with Gasteiger partial charge in [-0.15, -0.1) is 23.1 Å². The van der Waals surface area contributed by atoms with Crippen molar-refractivity contribution in [2.24, 2.45) is 0 Å². The van der Waals surface area contributed by atoms with Gasteiger partial charge in [-0.25, -0.2) is 14.2 Å². The standard InChI is InChI=1S/C20H17FN2O3S2/c1-13(19(24)23-17-8-4-3-7-16(17)21)26-20(25)15-6-2-5-9-18(15)28-11-14-10-27-12-22-14/h2-10,12-13H,11H2,1H3,(H,23,24). The molecule has 0 saturated heterocycles. The number of amides is 1. The first kappa shape index (κ1) is 20.0. The van der Waals surface area contributed by atoms with Gasteiger partial charge in [-0.05, 0) is 31.2 Å². The maximum atomic E-state index is 13.7. The summed E-state index contributed by atoms with van der Waals surface area (Å²) in [6.07, 6.45) is -1.08. The summed E-state index contributed by atoms with van der Waals surface area (Å²) in [5, 5.41) is 4.37. The molecule has 0 spiro atoms. The zero-order valence-electron chi connectivity index (χ0n) is 14.9. The van der Waals surface area contributed by atoms with Crippen LogP contribution in [-0.4, -0.2) is 23.0 Å². The molecule has 1 atom stereocenters. The Labute approximate surface area is 170 Å². The number of rotatable bonds is 7.